The molecule has 210 valence electrons. The summed E-state index contributed by atoms with van der Waals surface area (Å²) in [5, 5.41) is 4.94. The molecule has 0 amide bonds. The highest BCUT2D eigenvalue weighted by Gasteiger charge is 2.55. The Morgan fingerprint density at radius 1 is 0.976 bits per heavy atom. The fourth-order valence-electron chi connectivity index (χ4n) is 5.48. The molecule has 2 atom stereocenters. The minimum atomic E-state index is -4.83. The highest BCUT2D eigenvalue weighted by Crippen LogP contribution is 2.45. The molecule has 4 aliphatic heterocycles. The summed E-state index contributed by atoms with van der Waals surface area (Å²) >= 11 is 0. The zero-order valence-electron chi connectivity index (χ0n) is 22.6. The molecule has 4 aliphatic rings. The molecule has 6 rings (SSSR count). The van der Waals surface area contributed by atoms with Gasteiger partial charge < -0.3 is 10.3 Å². The maximum atomic E-state index is 14.1. The van der Waals surface area contributed by atoms with E-state index in [-0.39, 0.29) is 12.2 Å². The number of nitrogens with one attached hydrogen (secondary N) is 2. The molecular formula is C30H27F3N6O2. The summed E-state index contributed by atoms with van der Waals surface area (Å²) in [5.74, 6) is 0.287. The van der Waals surface area contributed by atoms with Gasteiger partial charge in [0.15, 0.2) is 5.78 Å². The number of rotatable bonds is 4. The average Bonchev–Trinajstić information content (AvgIpc) is 3.66. The number of aryl methyl sites for hydroxylation is 1. The monoisotopic (exact) mass is 560 g/mol. The Balaban J connectivity index is 1.57. The molecule has 8 bridgehead atoms. The van der Waals surface area contributed by atoms with Gasteiger partial charge in [0.1, 0.15) is 16.9 Å². The van der Waals surface area contributed by atoms with Gasteiger partial charge in [-0.2, -0.15) is 0 Å². The topological polar surface area (TPSA) is 105 Å². The van der Waals surface area contributed by atoms with E-state index in [1.54, 1.807) is 51.4 Å². The van der Waals surface area contributed by atoms with Gasteiger partial charge >= 0.3 is 6.36 Å². The summed E-state index contributed by atoms with van der Waals surface area (Å²) in [5.41, 5.74) is -0.740. The fraction of sp³-hybridized carbons (Fsp3) is 0.300. The van der Waals surface area contributed by atoms with Crippen LogP contribution < -0.4 is 16.0 Å². The fourth-order valence-corrected chi connectivity index (χ4v) is 5.48. The summed E-state index contributed by atoms with van der Waals surface area (Å²) in [7, 11) is 0. The van der Waals surface area contributed by atoms with E-state index in [4.69, 9.17) is 4.99 Å². The minimum absolute atomic E-state index is 0.267. The van der Waals surface area contributed by atoms with Crippen molar-refractivity contribution in [2.24, 2.45) is 15.4 Å². The van der Waals surface area contributed by atoms with Crippen molar-refractivity contribution < 1.29 is 22.7 Å². The Kier molecular flexibility index (Phi) is 6.11. The largest absolute Gasteiger partial charge is 0.522 e. The molecule has 2 unspecified atom stereocenters. The van der Waals surface area contributed by atoms with Crippen molar-refractivity contribution in [1.82, 2.24) is 20.3 Å². The number of aromatic nitrogens is 3. The zero-order chi connectivity index (χ0) is 29.0. The first kappa shape index (κ1) is 26.8. The summed E-state index contributed by atoms with van der Waals surface area (Å²) < 4.78 is 43.0. The average molecular weight is 561 g/mol. The van der Waals surface area contributed by atoms with E-state index in [9.17, 15) is 18.0 Å². The number of Topliss-reactive ketones (excluding diaryl/α,β-unsaturated/α-hetero) is 1. The predicted octanol–water partition coefficient (Wildman–Crippen LogP) is 3.24. The number of fused-ring (bicyclic) bond motifs is 6. The van der Waals surface area contributed by atoms with Crippen LogP contribution in [0.4, 0.5) is 13.2 Å². The molecule has 0 radical (unpaired) electrons. The van der Waals surface area contributed by atoms with E-state index in [1.165, 1.54) is 0 Å². The number of alkyl halides is 3. The molecule has 0 aromatic carbocycles. The highest BCUT2D eigenvalue weighted by atomic mass is 19.4. The number of carbonyl (C=O) groups excluding carboxylic acids is 1. The van der Waals surface area contributed by atoms with Crippen LogP contribution in [0.5, 0.6) is 0 Å². The van der Waals surface area contributed by atoms with Crippen LogP contribution in [-0.4, -0.2) is 50.7 Å². The third-order valence-electron chi connectivity index (χ3n) is 7.61. The highest BCUT2D eigenvalue weighted by molar-refractivity contribution is 6.20. The number of halogens is 3. The van der Waals surface area contributed by atoms with Gasteiger partial charge in [-0.25, -0.2) is 15.0 Å². The van der Waals surface area contributed by atoms with Crippen molar-refractivity contribution in [2.75, 3.05) is 6.61 Å². The van der Waals surface area contributed by atoms with E-state index in [1.807, 2.05) is 42.5 Å². The number of ketones is 1. The molecule has 0 saturated carbocycles. The van der Waals surface area contributed by atoms with Crippen molar-refractivity contribution in [2.45, 2.75) is 44.6 Å². The molecule has 1 fully saturated rings. The molecule has 1 saturated heterocycles. The lowest BCUT2D eigenvalue weighted by Crippen LogP contribution is -2.46. The Bertz CT molecular complexity index is 1740. The molecule has 2 aromatic rings. The van der Waals surface area contributed by atoms with E-state index in [0.29, 0.717) is 34.2 Å². The summed E-state index contributed by atoms with van der Waals surface area (Å²) in [6.45, 7) is 4.55. The normalized spacial score (nSPS) is 26.0. The van der Waals surface area contributed by atoms with Gasteiger partial charge in [0, 0.05) is 40.8 Å². The van der Waals surface area contributed by atoms with Gasteiger partial charge in [-0.15, -0.1) is 13.2 Å². The maximum absolute atomic E-state index is 14.1. The van der Waals surface area contributed by atoms with E-state index in [0.717, 1.165) is 10.7 Å². The Labute approximate surface area is 233 Å². The van der Waals surface area contributed by atoms with E-state index in [2.05, 4.69) is 30.0 Å². The van der Waals surface area contributed by atoms with Crippen LogP contribution in [0, 0.1) is 12.3 Å². The van der Waals surface area contributed by atoms with E-state index < -0.39 is 29.5 Å². The van der Waals surface area contributed by atoms with Gasteiger partial charge in [0.2, 0.25) is 0 Å². The maximum Gasteiger partial charge on any atom is 0.522 e. The smallest absolute Gasteiger partial charge is 0.372 e. The van der Waals surface area contributed by atoms with Crippen LogP contribution in [0.25, 0.3) is 12.2 Å². The first-order chi connectivity index (χ1) is 19.4. The molecule has 6 heterocycles. The molecule has 11 heteroatoms. The lowest BCUT2D eigenvalue weighted by molar-refractivity contribution is -0.325. The van der Waals surface area contributed by atoms with Crippen LogP contribution in [0.15, 0.2) is 82.4 Å². The quantitative estimate of drug-likeness (QED) is 0.598. The van der Waals surface area contributed by atoms with Crippen molar-refractivity contribution in [3.8, 4) is 0 Å². The summed E-state index contributed by atoms with van der Waals surface area (Å²) in [4.78, 5) is 35.8. The van der Waals surface area contributed by atoms with Crippen molar-refractivity contribution in [3.63, 3.8) is 0 Å². The lowest BCUT2D eigenvalue weighted by Gasteiger charge is -2.26. The number of carbonyl (C=O) groups is 1. The molecule has 0 spiro atoms. The second-order valence-electron chi connectivity index (χ2n) is 11.0. The molecule has 2 aromatic heterocycles. The third kappa shape index (κ3) is 5.01. The second-order valence-corrected chi connectivity index (χ2v) is 11.0. The number of ether oxygens (including phenoxy) is 1. The first-order valence-corrected chi connectivity index (χ1v) is 13.1. The molecule has 0 aliphatic carbocycles. The zero-order valence-corrected chi connectivity index (χ0v) is 22.6. The van der Waals surface area contributed by atoms with Crippen molar-refractivity contribution in [1.29, 1.82) is 0 Å². The molecule has 8 nitrogen and oxygen atoms in total. The van der Waals surface area contributed by atoms with Crippen molar-refractivity contribution >= 4 is 29.4 Å². The Hall–Kier alpha value is -4.38. The van der Waals surface area contributed by atoms with Crippen LogP contribution >= 0.6 is 0 Å². The number of hydrogen-bond acceptors (Lipinski definition) is 7. The number of aromatic amines is 1. The first-order valence-electron chi connectivity index (χ1n) is 13.1. The van der Waals surface area contributed by atoms with Gasteiger partial charge in [-0.05, 0) is 81.5 Å². The SMILES string of the molecule is Cc1ncc(C23C=CC(=N2)C=c2ccc([nH]2)=CC2=NC(=CC4(CCOC(F)(F)F)NC(=C3)C(C)(C)C4=O)C=C2)cn1. The second kappa shape index (κ2) is 9.34. The van der Waals surface area contributed by atoms with Gasteiger partial charge in [-0.1, -0.05) is 0 Å². The Morgan fingerprint density at radius 3 is 2.39 bits per heavy atom. The third-order valence-corrected chi connectivity index (χ3v) is 7.61. The van der Waals surface area contributed by atoms with Gasteiger partial charge in [0.25, 0.3) is 0 Å². The molecular weight excluding hydrogens is 533 g/mol. The summed E-state index contributed by atoms with van der Waals surface area (Å²) in [6, 6.07) is 3.85. The number of nitrogens with zero attached hydrogens (tertiary/aromatic N) is 4. The number of H-pyrrole nitrogens is 1. The Morgan fingerprint density at radius 2 is 1.68 bits per heavy atom. The predicted molar refractivity (Wildman–Crippen MR) is 148 cm³/mol. The van der Waals surface area contributed by atoms with Gasteiger partial charge in [-0.3, -0.25) is 14.5 Å². The number of aliphatic imine (C=N–C) groups is 2. The summed E-state index contributed by atoms with van der Waals surface area (Å²) in [6.07, 6.45) is 12.8. The van der Waals surface area contributed by atoms with Crippen molar-refractivity contribution in [3.05, 3.63) is 94.5 Å². The number of allylic oxidation sites excluding steroid dienone is 4. The standard InChI is InChI=1S/C30H27F3N6O2/c1-18-34-16-19(17-35-18)28-9-8-23(38-28)13-22-5-4-20(36-22)12-21-6-7-24(37-21)14-29(10-11-41-30(31,32)33)26(40)27(2,3)25(15-28)39-29/h4-9,12-17,36,39H,10-11H2,1-3H3. The minimum Gasteiger partial charge on any atom is -0.372 e. The van der Waals surface area contributed by atoms with E-state index >= 15 is 0 Å². The van der Waals surface area contributed by atoms with Gasteiger partial charge in [0.05, 0.1) is 29.1 Å². The molecule has 2 N–H and O–H groups in total. The van der Waals surface area contributed by atoms with Crippen LogP contribution in [-0.2, 0) is 15.1 Å². The lowest BCUT2D eigenvalue weighted by atomic mass is 9.77. The number of hydrogen-bond donors (Lipinski definition) is 2. The molecule has 41 heavy (non-hydrogen) atoms. The van der Waals surface area contributed by atoms with Crippen LogP contribution in [0.2, 0.25) is 0 Å². The van der Waals surface area contributed by atoms with Crippen LogP contribution in [0.3, 0.4) is 0 Å². The van der Waals surface area contributed by atoms with Crippen LogP contribution in [0.1, 0.15) is 31.7 Å².